The molecule has 32 heavy (non-hydrogen) atoms. The molecule has 1 atom stereocenters. The fourth-order valence-electron chi connectivity index (χ4n) is 4.04. The van der Waals surface area contributed by atoms with Gasteiger partial charge in [-0.3, -0.25) is 0 Å². The lowest BCUT2D eigenvalue weighted by Crippen LogP contribution is -2.43. The maximum atomic E-state index is 13.7. The summed E-state index contributed by atoms with van der Waals surface area (Å²) in [6.45, 7) is 0.291. The van der Waals surface area contributed by atoms with Crippen LogP contribution in [-0.4, -0.2) is 38.1 Å². The molecule has 4 rings (SSSR count). The van der Waals surface area contributed by atoms with E-state index in [1.807, 2.05) is 10.8 Å². The van der Waals surface area contributed by atoms with Gasteiger partial charge in [0.2, 0.25) is 10.0 Å². The Morgan fingerprint density at radius 3 is 2.41 bits per heavy atom. The van der Waals surface area contributed by atoms with Gasteiger partial charge in [0.1, 0.15) is 11.5 Å². The molecular weight excluding hydrogens is 445 g/mol. The molecule has 0 spiro atoms. The van der Waals surface area contributed by atoms with Gasteiger partial charge in [-0.1, -0.05) is 12.1 Å². The van der Waals surface area contributed by atoms with E-state index in [1.54, 1.807) is 30.3 Å². The van der Waals surface area contributed by atoms with Gasteiger partial charge in [0.25, 0.3) is 0 Å². The third-order valence-corrected chi connectivity index (χ3v) is 7.43. The number of hydrogen-bond acceptors (Lipinski definition) is 4. The van der Waals surface area contributed by atoms with E-state index in [-0.39, 0.29) is 6.54 Å². The molecule has 170 valence electrons. The van der Waals surface area contributed by atoms with Crippen LogP contribution < -0.4 is 9.47 Å². The first-order chi connectivity index (χ1) is 15.2. The van der Waals surface area contributed by atoms with Gasteiger partial charge in [-0.25, -0.2) is 8.42 Å². The molecule has 0 amide bonds. The Kier molecular flexibility index (Phi) is 5.68. The van der Waals surface area contributed by atoms with Crippen molar-refractivity contribution in [3.05, 3.63) is 77.6 Å². The van der Waals surface area contributed by atoms with Gasteiger partial charge in [0.15, 0.2) is 0 Å². The number of rotatable bonds is 5. The highest BCUT2D eigenvalue weighted by Crippen LogP contribution is 2.43. The second-order valence-corrected chi connectivity index (χ2v) is 9.11. The molecule has 0 bridgehead atoms. The molecule has 0 saturated carbocycles. The monoisotopic (exact) mass is 466 g/mol. The molecule has 1 aromatic heterocycles. The Balaban J connectivity index is 1.94. The van der Waals surface area contributed by atoms with Crippen molar-refractivity contribution in [3.8, 4) is 11.5 Å². The molecule has 1 aliphatic rings. The van der Waals surface area contributed by atoms with Gasteiger partial charge in [0, 0.05) is 30.5 Å². The molecule has 0 aliphatic carbocycles. The van der Waals surface area contributed by atoms with Crippen molar-refractivity contribution in [3.63, 3.8) is 0 Å². The standard InChI is InChI=1S/C22H21F3N2O4S/c1-30-15-9-10-19(31-2)16(14-15)21-18-7-5-11-26(18)12-13-27(21)32(28,29)20-8-4-3-6-17(20)22(23,24)25/h3-11,14,21H,12-13H2,1-2H3/t21-/m0/s1. The highest BCUT2D eigenvalue weighted by molar-refractivity contribution is 7.89. The Morgan fingerprint density at radius 2 is 1.72 bits per heavy atom. The van der Waals surface area contributed by atoms with E-state index >= 15 is 0 Å². The van der Waals surface area contributed by atoms with Crippen LogP contribution in [0, 0.1) is 0 Å². The minimum absolute atomic E-state index is 0.0127. The number of hydrogen-bond donors (Lipinski definition) is 0. The van der Waals surface area contributed by atoms with Crippen LogP contribution in [0.15, 0.2) is 65.7 Å². The summed E-state index contributed by atoms with van der Waals surface area (Å²) >= 11 is 0. The third kappa shape index (κ3) is 3.73. The first-order valence-corrected chi connectivity index (χ1v) is 11.2. The summed E-state index contributed by atoms with van der Waals surface area (Å²) in [5.41, 5.74) is -0.104. The molecule has 0 saturated heterocycles. The van der Waals surface area contributed by atoms with Crippen LogP contribution in [0.2, 0.25) is 0 Å². The van der Waals surface area contributed by atoms with Crippen molar-refractivity contribution in [2.75, 3.05) is 20.8 Å². The van der Waals surface area contributed by atoms with E-state index < -0.39 is 32.7 Å². The Hall–Kier alpha value is -2.98. The smallest absolute Gasteiger partial charge is 0.417 e. The predicted molar refractivity (Wildman–Crippen MR) is 111 cm³/mol. The second-order valence-electron chi connectivity index (χ2n) is 7.25. The first-order valence-electron chi connectivity index (χ1n) is 9.73. The van der Waals surface area contributed by atoms with E-state index in [0.717, 1.165) is 16.4 Å². The number of methoxy groups -OCH3 is 2. The Labute approximate surface area is 183 Å². The van der Waals surface area contributed by atoms with Gasteiger partial charge in [0.05, 0.1) is 30.7 Å². The highest BCUT2D eigenvalue weighted by Gasteiger charge is 2.43. The van der Waals surface area contributed by atoms with Crippen LogP contribution in [0.5, 0.6) is 11.5 Å². The lowest BCUT2D eigenvalue weighted by molar-refractivity contribution is -0.139. The molecule has 0 N–H and O–H groups in total. The molecule has 10 heteroatoms. The average Bonchev–Trinajstić information content (AvgIpc) is 3.26. The SMILES string of the molecule is COc1ccc(OC)c([C@H]2c3cccn3CCN2S(=O)(=O)c2ccccc2C(F)(F)F)c1. The van der Waals surface area contributed by atoms with Crippen LogP contribution >= 0.6 is 0 Å². The van der Waals surface area contributed by atoms with Crippen LogP contribution in [0.3, 0.4) is 0 Å². The third-order valence-electron chi connectivity index (χ3n) is 5.50. The highest BCUT2D eigenvalue weighted by atomic mass is 32.2. The van der Waals surface area contributed by atoms with Crippen LogP contribution in [0.4, 0.5) is 13.2 Å². The molecule has 6 nitrogen and oxygen atoms in total. The summed E-state index contributed by atoms with van der Waals surface area (Å²) in [6.07, 6.45) is -3.01. The number of sulfonamides is 1. The topological polar surface area (TPSA) is 60.8 Å². The number of fused-ring (bicyclic) bond motifs is 1. The average molecular weight is 466 g/mol. The van der Waals surface area contributed by atoms with Crippen LogP contribution in [-0.2, 0) is 22.7 Å². The second kappa shape index (κ2) is 8.18. The maximum absolute atomic E-state index is 13.7. The van der Waals surface area contributed by atoms with Crippen molar-refractivity contribution >= 4 is 10.0 Å². The summed E-state index contributed by atoms with van der Waals surface area (Å²) < 4.78 is 82.0. The lowest BCUT2D eigenvalue weighted by atomic mass is 10.0. The summed E-state index contributed by atoms with van der Waals surface area (Å²) in [5, 5.41) is 0. The summed E-state index contributed by atoms with van der Waals surface area (Å²) in [5.74, 6) is 0.868. The minimum atomic E-state index is -4.82. The number of ether oxygens (including phenoxy) is 2. The zero-order chi connectivity index (χ0) is 23.1. The number of aromatic nitrogens is 1. The quantitative estimate of drug-likeness (QED) is 0.562. The zero-order valence-electron chi connectivity index (χ0n) is 17.3. The summed E-state index contributed by atoms with van der Waals surface area (Å²) in [4.78, 5) is -0.778. The van der Waals surface area contributed by atoms with E-state index in [1.165, 1.54) is 26.4 Å². The maximum Gasteiger partial charge on any atom is 0.417 e. The van der Waals surface area contributed by atoms with Gasteiger partial charge >= 0.3 is 6.18 Å². The number of halogens is 3. The van der Waals surface area contributed by atoms with E-state index in [4.69, 9.17) is 9.47 Å². The van der Waals surface area contributed by atoms with Crippen molar-refractivity contribution in [1.29, 1.82) is 0 Å². The van der Waals surface area contributed by atoms with Crippen molar-refractivity contribution in [2.45, 2.75) is 23.7 Å². The molecule has 0 unspecified atom stereocenters. The molecule has 2 heterocycles. The van der Waals surface area contributed by atoms with Crippen LogP contribution in [0.25, 0.3) is 0 Å². The number of nitrogens with zero attached hydrogens (tertiary/aromatic N) is 2. The Morgan fingerprint density at radius 1 is 0.969 bits per heavy atom. The summed E-state index contributed by atoms with van der Waals surface area (Å²) in [6, 6.07) is 11.8. The van der Waals surface area contributed by atoms with Gasteiger partial charge < -0.3 is 14.0 Å². The molecule has 2 aromatic carbocycles. The zero-order valence-corrected chi connectivity index (χ0v) is 18.2. The fraction of sp³-hybridized carbons (Fsp3) is 0.273. The first kappa shape index (κ1) is 22.2. The van der Waals surface area contributed by atoms with Gasteiger partial charge in [-0.15, -0.1) is 0 Å². The van der Waals surface area contributed by atoms with E-state index in [0.29, 0.717) is 29.3 Å². The molecule has 0 radical (unpaired) electrons. The van der Waals surface area contributed by atoms with Crippen molar-refractivity contribution in [2.24, 2.45) is 0 Å². The van der Waals surface area contributed by atoms with Crippen LogP contribution in [0.1, 0.15) is 22.9 Å². The number of benzene rings is 2. The van der Waals surface area contributed by atoms with Crippen molar-refractivity contribution in [1.82, 2.24) is 8.87 Å². The lowest BCUT2D eigenvalue weighted by Gasteiger charge is -2.37. The molecular formula is C22H21F3N2O4S. The van der Waals surface area contributed by atoms with Gasteiger partial charge in [-0.05, 0) is 42.5 Å². The largest absolute Gasteiger partial charge is 0.497 e. The van der Waals surface area contributed by atoms with E-state index in [2.05, 4.69) is 0 Å². The number of alkyl halides is 3. The van der Waals surface area contributed by atoms with Crippen molar-refractivity contribution < 1.29 is 31.1 Å². The van der Waals surface area contributed by atoms with Gasteiger partial charge in [-0.2, -0.15) is 17.5 Å². The predicted octanol–water partition coefficient (Wildman–Crippen LogP) is 4.32. The Bertz CT molecular complexity index is 1240. The summed E-state index contributed by atoms with van der Waals surface area (Å²) in [7, 11) is -1.61. The molecule has 0 fully saturated rings. The van der Waals surface area contributed by atoms with E-state index in [9.17, 15) is 21.6 Å². The normalized spacial score (nSPS) is 17.1. The molecule has 3 aromatic rings. The minimum Gasteiger partial charge on any atom is -0.497 e. The fourth-order valence-corrected chi connectivity index (χ4v) is 5.83. The molecule has 1 aliphatic heterocycles.